The highest BCUT2D eigenvalue weighted by Crippen LogP contribution is 2.09. The van der Waals surface area contributed by atoms with Crippen LogP contribution in [-0.2, 0) is 0 Å². The fourth-order valence-electron chi connectivity index (χ4n) is 2.02. The third-order valence-corrected chi connectivity index (χ3v) is 3.12. The number of aromatic nitrogens is 4. The molecule has 106 valence electrons. The maximum Gasteiger partial charge on any atom is 0.272 e. The van der Waals surface area contributed by atoms with Gasteiger partial charge < -0.3 is 10.3 Å². The van der Waals surface area contributed by atoms with Crippen molar-refractivity contribution in [3.8, 4) is 5.69 Å². The Hall–Kier alpha value is -2.89. The summed E-state index contributed by atoms with van der Waals surface area (Å²) in [7, 11) is 0. The number of benzene rings is 1. The monoisotopic (exact) mass is 281 g/mol. The molecule has 0 fully saturated rings. The Kier molecular flexibility index (Phi) is 3.51. The van der Waals surface area contributed by atoms with Crippen LogP contribution in [0.5, 0.6) is 0 Å². The van der Waals surface area contributed by atoms with Crippen molar-refractivity contribution in [2.75, 3.05) is 0 Å². The SMILES string of the molecule is CC(NC(=O)c1ccn(-c2ccccc2)n1)c1ncc[nH]1. The molecule has 0 aliphatic carbocycles. The van der Waals surface area contributed by atoms with Gasteiger partial charge in [0.1, 0.15) is 5.82 Å². The Morgan fingerprint density at radius 1 is 1.29 bits per heavy atom. The molecule has 0 aliphatic rings. The van der Waals surface area contributed by atoms with E-state index < -0.39 is 0 Å². The van der Waals surface area contributed by atoms with Crippen molar-refractivity contribution in [1.29, 1.82) is 0 Å². The Morgan fingerprint density at radius 3 is 2.81 bits per heavy atom. The molecule has 6 heteroatoms. The van der Waals surface area contributed by atoms with Gasteiger partial charge >= 0.3 is 0 Å². The van der Waals surface area contributed by atoms with E-state index in [9.17, 15) is 4.79 Å². The number of carbonyl (C=O) groups is 1. The minimum atomic E-state index is -0.228. The topological polar surface area (TPSA) is 75.6 Å². The van der Waals surface area contributed by atoms with E-state index in [1.807, 2.05) is 37.3 Å². The second-order valence-corrected chi connectivity index (χ2v) is 4.65. The minimum absolute atomic E-state index is 0.200. The molecule has 3 aromatic rings. The van der Waals surface area contributed by atoms with Gasteiger partial charge in [0.25, 0.3) is 5.91 Å². The van der Waals surface area contributed by atoms with Crippen LogP contribution in [0.2, 0.25) is 0 Å². The van der Waals surface area contributed by atoms with E-state index >= 15 is 0 Å². The van der Waals surface area contributed by atoms with E-state index in [4.69, 9.17) is 0 Å². The molecule has 0 radical (unpaired) electrons. The number of nitrogens with one attached hydrogen (secondary N) is 2. The van der Waals surface area contributed by atoms with Crippen molar-refractivity contribution >= 4 is 5.91 Å². The lowest BCUT2D eigenvalue weighted by Crippen LogP contribution is -2.27. The summed E-state index contributed by atoms with van der Waals surface area (Å²) < 4.78 is 1.67. The van der Waals surface area contributed by atoms with Gasteiger partial charge in [-0.15, -0.1) is 0 Å². The van der Waals surface area contributed by atoms with Gasteiger partial charge in [-0.1, -0.05) is 18.2 Å². The van der Waals surface area contributed by atoms with Crippen LogP contribution in [0.1, 0.15) is 29.3 Å². The Morgan fingerprint density at radius 2 is 2.10 bits per heavy atom. The highest BCUT2D eigenvalue weighted by molar-refractivity contribution is 5.92. The predicted octanol–water partition coefficient (Wildman–Crippen LogP) is 2.09. The summed E-state index contributed by atoms with van der Waals surface area (Å²) in [6.45, 7) is 1.87. The molecule has 1 aromatic carbocycles. The van der Waals surface area contributed by atoms with Crippen LogP contribution in [0, 0.1) is 0 Å². The zero-order valence-corrected chi connectivity index (χ0v) is 11.5. The average Bonchev–Trinajstić information content (AvgIpc) is 3.20. The molecule has 21 heavy (non-hydrogen) atoms. The second-order valence-electron chi connectivity index (χ2n) is 4.65. The number of amides is 1. The summed E-state index contributed by atoms with van der Waals surface area (Å²) in [6.07, 6.45) is 5.14. The molecular formula is C15H15N5O. The van der Waals surface area contributed by atoms with Gasteiger partial charge in [-0.25, -0.2) is 9.67 Å². The molecule has 0 saturated heterocycles. The first-order chi connectivity index (χ1) is 10.2. The summed E-state index contributed by atoms with van der Waals surface area (Å²) >= 11 is 0. The van der Waals surface area contributed by atoms with Crippen molar-refractivity contribution in [1.82, 2.24) is 25.1 Å². The zero-order chi connectivity index (χ0) is 14.7. The predicted molar refractivity (Wildman–Crippen MR) is 78.0 cm³/mol. The van der Waals surface area contributed by atoms with E-state index in [0.29, 0.717) is 11.5 Å². The van der Waals surface area contributed by atoms with Crippen LogP contribution in [0.15, 0.2) is 55.0 Å². The molecule has 0 bridgehead atoms. The fourth-order valence-corrected chi connectivity index (χ4v) is 2.02. The lowest BCUT2D eigenvalue weighted by Gasteiger charge is -2.09. The van der Waals surface area contributed by atoms with E-state index in [-0.39, 0.29) is 11.9 Å². The molecule has 0 aliphatic heterocycles. The van der Waals surface area contributed by atoms with Crippen molar-refractivity contribution in [3.05, 3.63) is 66.5 Å². The normalized spacial score (nSPS) is 12.0. The highest BCUT2D eigenvalue weighted by atomic mass is 16.2. The molecule has 1 amide bonds. The number of nitrogens with zero attached hydrogens (tertiary/aromatic N) is 3. The number of imidazole rings is 1. The van der Waals surface area contributed by atoms with Crippen LogP contribution in [0.3, 0.4) is 0 Å². The lowest BCUT2D eigenvalue weighted by molar-refractivity contribution is 0.0933. The number of para-hydroxylation sites is 1. The van der Waals surface area contributed by atoms with Crippen LogP contribution in [0.4, 0.5) is 0 Å². The number of carbonyl (C=O) groups excluding carboxylic acids is 1. The van der Waals surface area contributed by atoms with E-state index in [1.165, 1.54) is 0 Å². The van der Waals surface area contributed by atoms with Crippen molar-refractivity contribution in [3.63, 3.8) is 0 Å². The number of hydrogen-bond donors (Lipinski definition) is 2. The number of aromatic amines is 1. The van der Waals surface area contributed by atoms with Gasteiger partial charge in [-0.2, -0.15) is 5.10 Å². The standard InChI is InChI=1S/C15H15N5O/c1-11(14-16-8-9-17-14)18-15(21)13-7-10-20(19-13)12-5-3-2-4-6-12/h2-11H,1H3,(H,16,17)(H,18,21). The summed E-state index contributed by atoms with van der Waals surface area (Å²) in [4.78, 5) is 19.3. The Labute approximate surface area is 121 Å². The Balaban J connectivity index is 1.73. The molecular weight excluding hydrogens is 266 g/mol. The summed E-state index contributed by atoms with van der Waals surface area (Å²) in [5.41, 5.74) is 1.29. The van der Waals surface area contributed by atoms with Gasteiger partial charge in [0, 0.05) is 18.6 Å². The van der Waals surface area contributed by atoms with Crippen LogP contribution in [0.25, 0.3) is 5.69 Å². The molecule has 1 unspecified atom stereocenters. The summed E-state index contributed by atoms with van der Waals surface area (Å²) in [5, 5.41) is 7.14. The molecule has 2 heterocycles. The van der Waals surface area contributed by atoms with Crippen LogP contribution < -0.4 is 5.32 Å². The first-order valence-electron chi connectivity index (χ1n) is 6.65. The molecule has 0 saturated carbocycles. The largest absolute Gasteiger partial charge is 0.347 e. The van der Waals surface area contributed by atoms with Crippen LogP contribution in [-0.4, -0.2) is 25.7 Å². The van der Waals surface area contributed by atoms with E-state index in [2.05, 4.69) is 20.4 Å². The number of rotatable bonds is 4. The Bertz CT molecular complexity index is 718. The quantitative estimate of drug-likeness (QED) is 0.769. The smallest absolute Gasteiger partial charge is 0.272 e. The maximum atomic E-state index is 12.2. The molecule has 1 atom stereocenters. The molecule has 6 nitrogen and oxygen atoms in total. The molecule has 2 N–H and O–H groups in total. The first-order valence-corrected chi connectivity index (χ1v) is 6.65. The number of H-pyrrole nitrogens is 1. The van der Waals surface area contributed by atoms with Gasteiger partial charge in [0.2, 0.25) is 0 Å². The van der Waals surface area contributed by atoms with Crippen LogP contribution >= 0.6 is 0 Å². The van der Waals surface area contributed by atoms with Crippen molar-refractivity contribution in [2.24, 2.45) is 0 Å². The molecule has 2 aromatic heterocycles. The fraction of sp³-hybridized carbons (Fsp3) is 0.133. The minimum Gasteiger partial charge on any atom is -0.347 e. The van der Waals surface area contributed by atoms with E-state index in [1.54, 1.807) is 29.3 Å². The summed E-state index contributed by atoms with van der Waals surface area (Å²) in [5.74, 6) is 0.486. The third kappa shape index (κ3) is 2.84. The third-order valence-electron chi connectivity index (χ3n) is 3.12. The van der Waals surface area contributed by atoms with Gasteiger partial charge in [0.05, 0.1) is 11.7 Å². The van der Waals surface area contributed by atoms with Gasteiger partial charge in [-0.3, -0.25) is 4.79 Å². The molecule has 0 spiro atoms. The zero-order valence-electron chi connectivity index (χ0n) is 11.5. The van der Waals surface area contributed by atoms with Gasteiger partial charge in [-0.05, 0) is 25.1 Å². The first kappa shape index (κ1) is 13.1. The second kappa shape index (κ2) is 5.62. The number of hydrogen-bond acceptors (Lipinski definition) is 3. The van der Waals surface area contributed by atoms with Crippen molar-refractivity contribution in [2.45, 2.75) is 13.0 Å². The maximum absolute atomic E-state index is 12.2. The summed E-state index contributed by atoms with van der Waals surface area (Å²) in [6, 6.07) is 11.1. The highest BCUT2D eigenvalue weighted by Gasteiger charge is 2.15. The van der Waals surface area contributed by atoms with Gasteiger partial charge in [0.15, 0.2) is 5.69 Å². The average molecular weight is 281 g/mol. The van der Waals surface area contributed by atoms with Crippen molar-refractivity contribution < 1.29 is 4.79 Å². The lowest BCUT2D eigenvalue weighted by atomic mass is 10.3. The molecule has 3 rings (SSSR count). The van der Waals surface area contributed by atoms with E-state index in [0.717, 1.165) is 5.69 Å².